The number of hydrogen-bond donors (Lipinski definition) is 1. The highest BCUT2D eigenvalue weighted by Gasteiger charge is 2.21. The molecule has 1 N–H and O–H groups in total. The Bertz CT molecular complexity index is 1160. The molecule has 0 aromatic heterocycles. The van der Waals surface area contributed by atoms with Gasteiger partial charge in [0, 0.05) is 5.69 Å². The van der Waals surface area contributed by atoms with Gasteiger partial charge >= 0.3 is 0 Å². The van der Waals surface area contributed by atoms with Crippen LogP contribution in [0.5, 0.6) is 11.5 Å². The summed E-state index contributed by atoms with van der Waals surface area (Å²) in [5.74, 6) is 0.768. The molecule has 0 aliphatic rings. The second kappa shape index (κ2) is 11.2. The van der Waals surface area contributed by atoms with Crippen molar-refractivity contribution in [2.24, 2.45) is 0 Å². The molecule has 3 rings (SSSR count). The quantitative estimate of drug-likeness (QED) is 0.428. The molecule has 0 radical (unpaired) electrons. The van der Waals surface area contributed by atoms with Crippen LogP contribution in [-0.4, -0.2) is 33.7 Å². The van der Waals surface area contributed by atoms with Gasteiger partial charge in [0.15, 0.2) is 0 Å². The van der Waals surface area contributed by atoms with Crippen LogP contribution >= 0.6 is 0 Å². The summed E-state index contributed by atoms with van der Waals surface area (Å²) in [6, 6.07) is 23.1. The Labute approximate surface area is 194 Å². The minimum Gasteiger partial charge on any atom is -0.490 e. The van der Waals surface area contributed by atoms with Gasteiger partial charge in [-0.1, -0.05) is 43.0 Å². The van der Waals surface area contributed by atoms with Crippen molar-refractivity contribution in [3.05, 3.63) is 97.1 Å². The van der Waals surface area contributed by atoms with Crippen LogP contribution in [0.15, 0.2) is 91.5 Å². The van der Waals surface area contributed by atoms with Gasteiger partial charge in [-0.2, -0.15) is 0 Å². The smallest absolute Gasteiger partial charge is 0.245 e. The standard InChI is InChI=1S/C25H26N2O5S/c1-3-17-31-23-13-9-21(10-14-23)26-25(28)18-27(33(2,29)30)22-11-15-24(16-12-22)32-19-20-7-5-4-6-8-20/h3-16H,1,17-19H2,2H3,(H,26,28). The number of carbonyl (C=O) groups excluding carboxylic acids is 1. The van der Waals surface area contributed by atoms with Gasteiger partial charge in [0.25, 0.3) is 0 Å². The summed E-state index contributed by atoms with van der Waals surface area (Å²) in [7, 11) is -3.69. The average molecular weight is 467 g/mol. The second-order valence-electron chi connectivity index (χ2n) is 7.21. The molecule has 8 heteroatoms. The fourth-order valence-electron chi connectivity index (χ4n) is 2.97. The van der Waals surface area contributed by atoms with Crippen molar-refractivity contribution < 1.29 is 22.7 Å². The lowest BCUT2D eigenvalue weighted by atomic mass is 10.2. The van der Waals surface area contributed by atoms with E-state index < -0.39 is 15.9 Å². The third kappa shape index (κ3) is 7.40. The number of benzene rings is 3. The van der Waals surface area contributed by atoms with Crippen molar-refractivity contribution in [1.82, 2.24) is 0 Å². The molecule has 33 heavy (non-hydrogen) atoms. The van der Waals surface area contributed by atoms with Gasteiger partial charge in [-0.3, -0.25) is 9.10 Å². The maximum Gasteiger partial charge on any atom is 0.245 e. The van der Waals surface area contributed by atoms with E-state index in [4.69, 9.17) is 9.47 Å². The van der Waals surface area contributed by atoms with E-state index in [2.05, 4.69) is 11.9 Å². The lowest BCUT2D eigenvalue weighted by Gasteiger charge is -2.22. The van der Waals surface area contributed by atoms with Crippen LogP contribution in [0.4, 0.5) is 11.4 Å². The number of carbonyl (C=O) groups is 1. The molecule has 0 saturated heterocycles. The van der Waals surface area contributed by atoms with Gasteiger partial charge in [0.2, 0.25) is 15.9 Å². The molecule has 0 saturated carbocycles. The molecule has 3 aromatic rings. The summed E-state index contributed by atoms with van der Waals surface area (Å²) >= 11 is 0. The highest BCUT2D eigenvalue weighted by molar-refractivity contribution is 7.92. The first-order valence-electron chi connectivity index (χ1n) is 10.2. The number of nitrogens with zero attached hydrogens (tertiary/aromatic N) is 1. The maximum absolute atomic E-state index is 12.5. The Morgan fingerprint density at radius 1 is 0.939 bits per heavy atom. The Morgan fingerprint density at radius 3 is 2.15 bits per heavy atom. The van der Waals surface area contributed by atoms with Crippen molar-refractivity contribution in [2.45, 2.75) is 6.61 Å². The maximum atomic E-state index is 12.5. The van der Waals surface area contributed by atoms with Gasteiger partial charge in [-0.25, -0.2) is 8.42 Å². The third-order valence-electron chi connectivity index (χ3n) is 4.57. The molecule has 0 heterocycles. The van der Waals surface area contributed by atoms with E-state index in [9.17, 15) is 13.2 Å². The fraction of sp³-hybridized carbons (Fsp3) is 0.160. The van der Waals surface area contributed by atoms with Crippen LogP contribution in [0.2, 0.25) is 0 Å². The van der Waals surface area contributed by atoms with Crippen molar-refractivity contribution in [2.75, 3.05) is 29.0 Å². The molecule has 3 aromatic carbocycles. The van der Waals surface area contributed by atoms with E-state index >= 15 is 0 Å². The molecule has 0 unspecified atom stereocenters. The number of anilines is 2. The predicted octanol–water partition coefficient (Wildman–Crippen LogP) is 4.24. The van der Waals surface area contributed by atoms with Crippen LogP contribution in [0.25, 0.3) is 0 Å². The zero-order chi connectivity index (χ0) is 23.7. The summed E-state index contributed by atoms with van der Waals surface area (Å²) in [6.07, 6.45) is 2.70. The van der Waals surface area contributed by atoms with E-state index in [1.54, 1.807) is 54.6 Å². The molecular weight excluding hydrogens is 440 g/mol. The van der Waals surface area contributed by atoms with E-state index in [1.165, 1.54) is 0 Å². The Kier molecular flexibility index (Phi) is 8.10. The highest BCUT2D eigenvalue weighted by atomic mass is 32.2. The molecule has 0 bridgehead atoms. The van der Waals surface area contributed by atoms with E-state index in [0.717, 1.165) is 16.1 Å². The van der Waals surface area contributed by atoms with Gasteiger partial charge in [0.05, 0.1) is 11.9 Å². The van der Waals surface area contributed by atoms with Crippen molar-refractivity contribution in [3.63, 3.8) is 0 Å². The summed E-state index contributed by atoms with van der Waals surface area (Å²) < 4.78 is 36.9. The Morgan fingerprint density at radius 2 is 1.55 bits per heavy atom. The molecule has 0 aliphatic carbocycles. The molecule has 1 amide bonds. The summed E-state index contributed by atoms with van der Waals surface area (Å²) in [4.78, 5) is 12.5. The minimum absolute atomic E-state index is 0.363. The molecule has 0 spiro atoms. The summed E-state index contributed by atoms with van der Waals surface area (Å²) in [5.41, 5.74) is 1.92. The van der Waals surface area contributed by atoms with Crippen LogP contribution in [-0.2, 0) is 21.4 Å². The lowest BCUT2D eigenvalue weighted by Crippen LogP contribution is -2.37. The first kappa shape index (κ1) is 23.9. The SMILES string of the molecule is C=CCOc1ccc(NC(=O)CN(c2ccc(OCc3ccccc3)cc2)S(C)(=O)=O)cc1. The van der Waals surface area contributed by atoms with Gasteiger partial charge in [-0.15, -0.1) is 0 Å². The van der Waals surface area contributed by atoms with E-state index in [0.29, 0.717) is 36.1 Å². The monoisotopic (exact) mass is 466 g/mol. The van der Waals surface area contributed by atoms with Crippen LogP contribution in [0, 0.1) is 0 Å². The second-order valence-corrected chi connectivity index (χ2v) is 9.12. The Hall–Kier alpha value is -3.78. The summed E-state index contributed by atoms with van der Waals surface area (Å²) in [5, 5.41) is 2.70. The lowest BCUT2D eigenvalue weighted by molar-refractivity contribution is -0.114. The van der Waals surface area contributed by atoms with Gasteiger partial charge in [0.1, 0.15) is 31.3 Å². The first-order valence-corrected chi connectivity index (χ1v) is 12.1. The molecule has 172 valence electrons. The minimum atomic E-state index is -3.69. The Balaban J connectivity index is 1.63. The molecule has 0 atom stereocenters. The topological polar surface area (TPSA) is 84.9 Å². The zero-order valence-electron chi connectivity index (χ0n) is 18.3. The van der Waals surface area contributed by atoms with E-state index in [-0.39, 0.29) is 6.54 Å². The number of hydrogen-bond acceptors (Lipinski definition) is 5. The van der Waals surface area contributed by atoms with E-state index in [1.807, 2.05) is 30.3 Å². The number of amides is 1. The number of rotatable bonds is 11. The number of sulfonamides is 1. The number of nitrogens with one attached hydrogen (secondary N) is 1. The van der Waals surface area contributed by atoms with Crippen LogP contribution < -0.4 is 19.1 Å². The zero-order valence-corrected chi connectivity index (χ0v) is 19.1. The normalized spacial score (nSPS) is 10.8. The van der Waals surface area contributed by atoms with Gasteiger partial charge < -0.3 is 14.8 Å². The largest absolute Gasteiger partial charge is 0.490 e. The average Bonchev–Trinajstić information content (AvgIpc) is 2.81. The fourth-order valence-corrected chi connectivity index (χ4v) is 3.83. The molecular formula is C25H26N2O5S. The highest BCUT2D eigenvalue weighted by Crippen LogP contribution is 2.23. The number of ether oxygens (including phenoxy) is 2. The van der Waals surface area contributed by atoms with Crippen molar-refractivity contribution in [3.8, 4) is 11.5 Å². The van der Waals surface area contributed by atoms with Crippen LogP contribution in [0.1, 0.15) is 5.56 Å². The predicted molar refractivity (Wildman–Crippen MR) is 130 cm³/mol. The first-order chi connectivity index (χ1) is 15.8. The molecule has 0 aliphatic heterocycles. The van der Waals surface area contributed by atoms with Crippen LogP contribution in [0.3, 0.4) is 0 Å². The third-order valence-corrected chi connectivity index (χ3v) is 5.71. The molecule has 7 nitrogen and oxygen atoms in total. The summed E-state index contributed by atoms with van der Waals surface area (Å²) in [6.45, 7) is 4.00. The van der Waals surface area contributed by atoms with Crippen molar-refractivity contribution >= 4 is 27.3 Å². The van der Waals surface area contributed by atoms with Crippen molar-refractivity contribution in [1.29, 1.82) is 0 Å². The molecule has 0 fully saturated rings. The van der Waals surface area contributed by atoms with Gasteiger partial charge in [-0.05, 0) is 54.1 Å².